The summed E-state index contributed by atoms with van der Waals surface area (Å²) in [5.74, 6) is 2.50. The van der Waals surface area contributed by atoms with Crippen molar-refractivity contribution in [1.82, 2.24) is 0 Å². The van der Waals surface area contributed by atoms with Gasteiger partial charge in [-0.3, -0.25) is 4.79 Å². The highest BCUT2D eigenvalue weighted by Gasteiger charge is 2.14. The smallest absolute Gasteiger partial charge is 0.194 e. The second-order valence-electron chi connectivity index (χ2n) is 9.24. The Bertz CT molecular complexity index is 1810. The van der Waals surface area contributed by atoms with Gasteiger partial charge in [-0.2, -0.15) is 0 Å². The minimum Gasteiger partial charge on any atom is -0.457 e. The van der Waals surface area contributed by atoms with E-state index in [-0.39, 0.29) is 5.78 Å². The van der Waals surface area contributed by atoms with E-state index >= 15 is 0 Å². The minimum absolute atomic E-state index is 0.203. The maximum Gasteiger partial charge on any atom is 0.194 e. The molecule has 0 aliphatic carbocycles. The zero-order valence-corrected chi connectivity index (χ0v) is 22.7. The average molecular weight is 561 g/mol. The molecule has 6 aromatic carbocycles. The van der Waals surface area contributed by atoms with Gasteiger partial charge in [-0.15, -0.1) is 0 Å². The Morgan fingerprint density at radius 1 is 0.500 bits per heavy atom. The second-order valence-corrected chi connectivity index (χ2v) is 10.1. The quantitative estimate of drug-likeness (QED) is 0.182. The van der Waals surface area contributed by atoms with Crippen LogP contribution in [0.3, 0.4) is 0 Å². The lowest BCUT2D eigenvalue weighted by Crippen LogP contribution is -2.02. The maximum absolute atomic E-state index is 12.8. The van der Waals surface area contributed by atoms with Crippen molar-refractivity contribution in [3.05, 3.63) is 155 Å². The summed E-state index contributed by atoms with van der Waals surface area (Å²) in [7, 11) is 0. The predicted molar refractivity (Wildman–Crippen MR) is 162 cm³/mol. The number of hydrogen-bond donors (Lipinski definition) is 0. The molecule has 0 bridgehead atoms. The average Bonchev–Trinajstić information content (AvgIpc) is 2.99. The van der Waals surface area contributed by atoms with Crippen LogP contribution in [0.5, 0.6) is 23.0 Å². The van der Waals surface area contributed by atoms with Gasteiger partial charge in [0.25, 0.3) is 0 Å². The zero-order chi connectivity index (χ0) is 27.5. The third kappa shape index (κ3) is 5.72. The topological polar surface area (TPSA) is 35.5 Å². The van der Waals surface area contributed by atoms with Gasteiger partial charge in [0.05, 0.1) is 5.02 Å². The van der Waals surface area contributed by atoms with E-state index in [1.807, 2.05) is 36.4 Å². The second kappa shape index (κ2) is 11.3. The largest absolute Gasteiger partial charge is 0.457 e. The summed E-state index contributed by atoms with van der Waals surface area (Å²) >= 11 is 12.2. The van der Waals surface area contributed by atoms with Crippen molar-refractivity contribution in [2.75, 3.05) is 0 Å². The molecule has 0 fully saturated rings. The van der Waals surface area contributed by atoms with Crippen molar-refractivity contribution >= 4 is 39.8 Å². The first kappa shape index (κ1) is 25.7. The van der Waals surface area contributed by atoms with Crippen LogP contribution in [-0.2, 0) is 0 Å². The van der Waals surface area contributed by atoms with Crippen LogP contribution in [-0.4, -0.2) is 5.78 Å². The van der Waals surface area contributed by atoms with Gasteiger partial charge in [-0.1, -0.05) is 71.7 Å². The van der Waals surface area contributed by atoms with Gasteiger partial charge < -0.3 is 9.47 Å². The van der Waals surface area contributed by atoms with E-state index in [2.05, 4.69) is 54.6 Å². The molecule has 0 saturated heterocycles. The fourth-order valence-electron chi connectivity index (χ4n) is 4.43. The number of rotatable bonds is 7. The molecular formula is C35H22Cl2O3. The highest BCUT2D eigenvalue weighted by molar-refractivity contribution is 6.36. The van der Waals surface area contributed by atoms with Crippen LogP contribution in [0.15, 0.2) is 133 Å². The lowest BCUT2D eigenvalue weighted by atomic mass is 10.0. The van der Waals surface area contributed by atoms with E-state index in [9.17, 15) is 4.79 Å². The van der Waals surface area contributed by atoms with Gasteiger partial charge in [-0.25, -0.2) is 0 Å². The number of carbonyl (C=O) groups excluding carboxylic acids is 1. The normalized spacial score (nSPS) is 10.8. The SMILES string of the molecule is O=C(c1ccc(Oc2ccc(Oc3ccc(-c4ccc5ccccc5c4)cc3)cc2)cc1)c1cc(Cl)ccc1Cl. The molecule has 40 heavy (non-hydrogen) atoms. The van der Waals surface area contributed by atoms with E-state index in [4.69, 9.17) is 32.7 Å². The molecule has 0 aromatic heterocycles. The van der Waals surface area contributed by atoms with Gasteiger partial charge in [0.15, 0.2) is 5.78 Å². The standard InChI is InChI=1S/C35H22Cl2O3/c36-28-11-20-34(37)33(22-28)35(38)25-9-14-30(15-10-25)40-32-18-16-31(17-19-32)39-29-12-7-24(8-13-29)27-6-5-23-3-1-2-4-26(23)21-27/h1-22H. The summed E-state index contributed by atoms with van der Waals surface area (Å²) in [6.45, 7) is 0. The number of ether oxygens (including phenoxy) is 2. The Hall–Kier alpha value is -4.57. The molecule has 0 amide bonds. The highest BCUT2D eigenvalue weighted by Crippen LogP contribution is 2.30. The van der Waals surface area contributed by atoms with Crippen molar-refractivity contribution in [2.24, 2.45) is 0 Å². The molecule has 0 heterocycles. The Kier molecular flexibility index (Phi) is 7.24. The molecule has 0 atom stereocenters. The molecule has 0 aliphatic heterocycles. The van der Waals surface area contributed by atoms with Crippen LogP contribution in [0.4, 0.5) is 0 Å². The molecule has 6 rings (SSSR count). The summed E-state index contributed by atoms with van der Waals surface area (Å²) in [6, 6.07) is 42.0. The minimum atomic E-state index is -0.203. The summed E-state index contributed by atoms with van der Waals surface area (Å²) in [5.41, 5.74) is 3.15. The molecule has 3 nitrogen and oxygen atoms in total. The highest BCUT2D eigenvalue weighted by atomic mass is 35.5. The van der Waals surface area contributed by atoms with Crippen LogP contribution < -0.4 is 9.47 Å². The summed E-state index contributed by atoms with van der Waals surface area (Å²) < 4.78 is 12.0. The Balaban J connectivity index is 1.09. The summed E-state index contributed by atoms with van der Waals surface area (Å²) in [4.78, 5) is 12.8. The van der Waals surface area contributed by atoms with Crippen LogP contribution in [0.25, 0.3) is 21.9 Å². The third-order valence-corrected chi connectivity index (χ3v) is 7.09. The van der Waals surface area contributed by atoms with Crippen LogP contribution in [0, 0.1) is 0 Å². The molecule has 0 spiro atoms. The maximum atomic E-state index is 12.8. The van der Waals surface area contributed by atoms with Gasteiger partial charge in [0, 0.05) is 16.1 Å². The third-order valence-electron chi connectivity index (χ3n) is 6.52. The van der Waals surface area contributed by atoms with E-state index in [1.54, 1.807) is 42.5 Å². The van der Waals surface area contributed by atoms with E-state index in [1.165, 1.54) is 10.8 Å². The van der Waals surface area contributed by atoms with Crippen LogP contribution in [0.1, 0.15) is 15.9 Å². The van der Waals surface area contributed by atoms with Crippen LogP contribution in [0.2, 0.25) is 10.0 Å². The number of carbonyl (C=O) groups is 1. The molecular weight excluding hydrogens is 539 g/mol. The first-order valence-corrected chi connectivity index (χ1v) is 13.4. The Morgan fingerprint density at radius 2 is 1.02 bits per heavy atom. The molecule has 0 saturated carbocycles. The van der Waals surface area contributed by atoms with Crippen molar-refractivity contribution in [3.8, 4) is 34.1 Å². The number of halogens is 2. The van der Waals surface area contributed by atoms with Crippen molar-refractivity contribution in [1.29, 1.82) is 0 Å². The van der Waals surface area contributed by atoms with Crippen molar-refractivity contribution in [2.45, 2.75) is 0 Å². The molecule has 194 valence electrons. The molecule has 0 N–H and O–H groups in total. The molecule has 0 aliphatic rings. The van der Waals surface area contributed by atoms with Crippen LogP contribution >= 0.6 is 23.2 Å². The lowest BCUT2D eigenvalue weighted by Gasteiger charge is -2.10. The van der Waals surface area contributed by atoms with Gasteiger partial charge in [-0.05, 0) is 107 Å². The molecule has 0 radical (unpaired) electrons. The number of ketones is 1. The number of benzene rings is 6. The zero-order valence-electron chi connectivity index (χ0n) is 21.2. The monoisotopic (exact) mass is 560 g/mol. The molecule has 0 unspecified atom stereocenters. The fourth-order valence-corrected chi connectivity index (χ4v) is 4.81. The predicted octanol–water partition coefficient (Wildman–Crippen LogP) is 10.6. The lowest BCUT2D eigenvalue weighted by molar-refractivity contribution is 0.103. The first-order valence-electron chi connectivity index (χ1n) is 12.7. The number of fused-ring (bicyclic) bond motifs is 1. The van der Waals surface area contributed by atoms with Gasteiger partial charge >= 0.3 is 0 Å². The Morgan fingerprint density at radius 3 is 1.65 bits per heavy atom. The van der Waals surface area contributed by atoms with Gasteiger partial charge in [0.1, 0.15) is 23.0 Å². The van der Waals surface area contributed by atoms with E-state index in [0.29, 0.717) is 38.4 Å². The van der Waals surface area contributed by atoms with Crippen molar-refractivity contribution < 1.29 is 14.3 Å². The number of hydrogen-bond acceptors (Lipinski definition) is 3. The van der Waals surface area contributed by atoms with E-state index in [0.717, 1.165) is 16.9 Å². The summed E-state index contributed by atoms with van der Waals surface area (Å²) in [6.07, 6.45) is 0. The molecule has 6 aromatic rings. The van der Waals surface area contributed by atoms with Gasteiger partial charge in [0.2, 0.25) is 0 Å². The van der Waals surface area contributed by atoms with Crippen molar-refractivity contribution in [3.63, 3.8) is 0 Å². The Labute approximate surface area is 242 Å². The van der Waals surface area contributed by atoms with E-state index < -0.39 is 0 Å². The molecule has 5 heteroatoms. The fraction of sp³-hybridized carbons (Fsp3) is 0. The summed E-state index contributed by atoms with van der Waals surface area (Å²) in [5, 5.41) is 3.26. The first-order chi connectivity index (χ1) is 19.5.